The molecule has 0 aromatic carbocycles. The highest BCUT2D eigenvalue weighted by Gasteiger charge is 2.20. The first-order valence-corrected chi connectivity index (χ1v) is 6.10. The van der Waals surface area contributed by atoms with Gasteiger partial charge in [0.2, 0.25) is 0 Å². The number of hydrogen-bond acceptors (Lipinski definition) is 6. The molecule has 0 unspecified atom stereocenters. The minimum atomic E-state index is 0.197. The Morgan fingerprint density at radius 2 is 2.16 bits per heavy atom. The lowest BCUT2D eigenvalue weighted by Crippen LogP contribution is -2.19. The quantitative estimate of drug-likeness (QED) is 0.877. The Hall–Kier alpha value is -2.44. The van der Waals surface area contributed by atoms with Crippen LogP contribution in [0, 0.1) is 0 Å². The SMILES string of the molecule is CC(C)n1nc(N2C=CC=NC2)c2c(N)ncnc21. The van der Waals surface area contributed by atoms with Gasteiger partial charge in [0, 0.05) is 18.5 Å². The molecule has 7 heteroatoms. The summed E-state index contributed by atoms with van der Waals surface area (Å²) in [6.45, 7) is 4.63. The first-order valence-electron chi connectivity index (χ1n) is 6.10. The average molecular weight is 257 g/mol. The van der Waals surface area contributed by atoms with Gasteiger partial charge in [0.15, 0.2) is 11.5 Å². The zero-order valence-electron chi connectivity index (χ0n) is 10.9. The van der Waals surface area contributed by atoms with Gasteiger partial charge in [0.25, 0.3) is 0 Å². The van der Waals surface area contributed by atoms with Gasteiger partial charge >= 0.3 is 0 Å². The third kappa shape index (κ3) is 1.83. The number of fused-ring (bicyclic) bond motifs is 1. The van der Waals surface area contributed by atoms with Crippen molar-refractivity contribution in [1.29, 1.82) is 0 Å². The van der Waals surface area contributed by atoms with E-state index >= 15 is 0 Å². The normalized spacial score (nSPS) is 14.8. The maximum atomic E-state index is 5.98. The highest BCUT2D eigenvalue weighted by Crippen LogP contribution is 2.30. The molecule has 1 aliphatic heterocycles. The number of nitrogen functional groups attached to an aromatic ring is 1. The van der Waals surface area contributed by atoms with Gasteiger partial charge < -0.3 is 10.6 Å². The second-order valence-corrected chi connectivity index (χ2v) is 4.60. The fourth-order valence-electron chi connectivity index (χ4n) is 2.06. The molecule has 7 nitrogen and oxygen atoms in total. The van der Waals surface area contributed by atoms with Crippen molar-refractivity contribution in [3.63, 3.8) is 0 Å². The molecule has 0 fully saturated rings. The van der Waals surface area contributed by atoms with Crippen molar-refractivity contribution in [3.8, 4) is 0 Å². The lowest BCUT2D eigenvalue weighted by Gasteiger charge is -2.17. The third-order valence-electron chi connectivity index (χ3n) is 2.95. The highest BCUT2D eigenvalue weighted by molar-refractivity contribution is 5.97. The van der Waals surface area contributed by atoms with Crippen molar-refractivity contribution in [3.05, 3.63) is 18.6 Å². The second-order valence-electron chi connectivity index (χ2n) is 4.60. The number of aliphatic imine (C=N–C) groups is 1. The minimum absolute atomic E-state index is 0.197. The fraction of sp³-hybridized carbons (Fsp3) is 0.333. The van der Waals surface area contributed by atoms with Crippen molar-refractivity contribution in [2.24, 2.45) is 4.99 Å². The summed E-state index contributed by atoms with van der Waals surface area (Å²) in [7, 11) is 0. The summed E-state index contributed by atoms with van der Waals surface area (Å²) in [5.74, 6) is 1.18. The topological polar surface area (TPSA) is 85.2 Å². The van der Waals surface area contributed by atoms with E-state index in [0.717, 1.165) is 16.9 Å². The maximum absolute atomic E-state index is 5.98. The summed E-state index contributed by atoms with van der Waals surface area (Å²) in [4.78, 5) is 14.5. The number of nitrogens with zero attached hydrogens (tertiary/aromatic N) is 6. The van der Waals surface area contributed by atoms with Gasteiger partial charge in [-0.3, -0.25) is 4.99 Å². The molecule has 0 spiro atoms. The summed E-state index contributed by atoms with van der Waals surface area (Å²) in [6, 6.07) is 0.197. The molecule has 3 heterocycles. The van der Waals surface area contributed by atoms with Crippen LogP contribution in [0.15, 0.2) is 23.6 Å². The molecule has 1 aliphatic rings. The average Bonchev–Trinajstić information content (AvgIpc) is 2.81. The smallest absolute Gasteiger partial charge is 0.169 e. The monoisotopic (exact) mass is 257 g/mol. The molecule has 2 N–H and O–H groups in total. The number of hydrogen-bond donors (Lipinski definition) is 1. The van der Waals surface area contributed by atoms with E-state index in [2.05, 4.69) is 33.9 Å². The Morgan fingerprint density at radius 3 is 2.84 bits per heavy atom. The van der Waals surface area contributed by atoms with Crippen molar-refractivity contribution < 1.29 is 0 Å². The van der Waals surface area contributed by atoms with Crippen LogP contribution in [-0.4, -0.2) is 32.6 Å². The summed E-state index contributed by atoms with van der Waals surface area (Å²) in [6.07, 6.45) is 7.01. The highest BCUT2D eigenvalue weighted by atomic mass is 15.4. The lowest BCUT2D eigenvalue weighted by atomic mass is 10.3. The van der Waals surface area contributed by atoms with Gasteiger partial charge in [0.05, 0.1) is 0 Å². The van der Waals surface area contributed by atoms with Crippen molar-refractivity contribution in [1.82, 2.24) is 19.7 Å². The molecule has 0 bridgehead atoms. The molecule has 3 rings (SSSR count). The predicted octanol–water partition coefficient (Wildman–Crippen LogP) is 1.35. The Morgan fingerprint density at radius 1 is 1.32 bits per heavy atom. The molecule has 0 aliphatic carbocycles. The van der Waals surface area contributed by atoms with E-state index in [1.165, 1.54) is 6.33 Å². The van der Waals surface area contributed by atoms with Crippen LogP contribution < -0.4 is 10.6 Å². The molecule has 98 valence electrons. The first kappa shape index (κ1) is 11.6. The van der Waals surface area contributed by atoms with E-state index in [1.807, 2.05) is 21.9 Å². The van der Waals surface area contributed by atoms with Crippen LogP contribution in [0.4, 0.5) is 11.6 Å². The molecule has 0 saturated heterocycles. The van der Waals surface area contributed by atoms with E-state index in [9.17, 15) is 0 Å². The number of aromatic nitrogens is 4. The summed E-state index contributed by atoms with van der Waals surface area (Å²) < 4.78 is 1.86. The molecular weight excluding hydrogens is 242 g/mol. The van der Waals surface area contributed by atoms with E-state index in [0.29, 0.717) is 12.5 Å². The predicted molar refractivity (Wildman–Crippen MR) is 75.1 cm³/mol. The van der Waals surface area contributed by atoms with E-state index < -0.39 is 0 Å². The van der Waals surface area contributed by atoms with Crippen LogP contribution in [0.2, 0.25) is 0 Å². The van der Waals surface area contributed by atoms with E-state index in [1.54, 1.807) is 6.21 Å². The first-order chi connectivity index (χ1) is 9.18. The molecule has 2 aromatic heterocycles. The van der Waals surface area contributed by atoms with Crippen LogP contribution in [0.25, 0.3) is 11.0 Å². The van der Waals surface area contributed by atoms with Crippen LogP contribution in [0.1, 0.15) is 19.9 Å². The van der Waals surface area contributed by atoms with Crippen LogP contribution in [0.3, 0.4) is 0 Å². The number of anilines is 2. The Balaban J connectivity index is 2.24. The van der Waals surface area contributed by atoms with Gasteiger partial charge in [-0.2, -0.15) is 5.10 Å². The zero-order valence-corrected chi connectivity index (χ0v) is 10.9. The lowest BCUT2D eigenvalue weighted by molar-refractivity contribution is 0.546. The van der Waals surface area contributed by atoms with Gasteiger partial charge in [-0.15, -0.1) is 0 Å². The van der Waals surface area contributed by atoms with Crippen LogP contribution in [0.5, 0.6) is 0 Å². The Bertz CT molecular complexity index is 668. The maximum Gasteiger partial charge on any atom is 0.169 e. The fourth-order valence-corrected chi connectivity index (χ4v) is 2.06. The zero-order chi connectivity index (χ0) is 13.4. The van der Waals surface area contributed by atoms with Gasteiger partial charge in [-0.25, -0.2) is 14.6 Å². The summed E-state index contributed by atoms with van der Waals surface area (Å²) in [5, 5.41) is 5.38. The van der Waals surface area contributed by atoms with Crippen molar-refractivity contribution in [2.75, 3.05) is 17.3 Å². The standard InChI is InChI=1S/C12H15N7/c1-8(2)19-11-9(10(13)15-6-16-11)12(17-19)18-5-3-4-14-7-18/h3-6,8H,7H2,1-2H3,(H2,13,15,16). The summed E-state index contributed by atoms with van der Waals surface area (Å²) in [5.41, 5.74) is 6.73. The van der Waals surface area contributed by atoms with E-state index in [4.69, 9.17) is 5.73 Å². The van der Waals surface area contributed by atoms with Crippen molar-refractivity contribution in [2.45, 2.75) is 19.9 Å². The Labute approximate surface area is 110 Å². The number of nitrogens with two attached hydrogens (primary N) is 1. The molecule has 2 aromatic rings. The van der Waals surface area contributed by atoms with Gasteiger partial charge in [-0.1, -0.05) is 0 Å². The van der Waals surface area contributed by atoms with Crippen LogP contribution >= 0.6 is 0 Å². The number of rotatable bonds is 2. The third-order valence-corrected chi connectivity index (χ3v) is 2.95. The molecular formula is C12H15N7. The van der Waals surface area contributed by atoms with Gasteiger partial charge in [0.1, 0.15) is 24.2 Å². The van der Waals surface area contributed by atoms with E-state index in [-0.39, 0.29) is 6.04 Å². The molecule has 0 atom stereocenters. The Kier molecular flexibility index (Phi) is 2.66. The molecule has 0 saturated carbocycles. The van der Waals surface area contributed by atoms with Crippen LogP contribution in [-0.2, 0) is 0 Å². The summed E-state index contributed by atoms with van der Waals surface area (Å²) >= 11 is 0. The second kappa shape index (κ2) is 4.34. The largest absolute Gasteiger partial charge is 0.383 e. The molecule has 19 heavy (non-hydrogen) atoms. The molecule has 0 radical (unpaired) electrons. The van der Waals surface area contributed by atoms with Gasteiger partial charge in [-0.05, 0) is 19.9 Å². The minimum Gasteiger partial charge on any atom is -0.383 e. The van der Waals surface area contributed by atoms with Crippen molar-refractivity contribution >= 4 is 28.9 Å². The number of allylic oxidation sites excluding steroid dienone is 1. The molecule has 0 amide bonds.